The van der Waals surface area contributed by atoms with Gasteiger partial charge in [-0.15, -0.1) is 0 Å². The van der Waals surface area contributed by atoms with Gasteiger partial charge in [-0.3, -0.25) is 0 Å². The molecule has 3 heteroatoms. The van der Waals surface area contributed by atoms with Crippen LogP contribution in [0, 0.1) is 5.92 Å². The zero-order valence-corrected chi connectivity index (χ0v) is 10.4. The lowest BCUT2D eigenvalue weighted by atomic mass is 10.0. The van der Waals surface area contributed by atoms with Crippen LogP contribution in [0.5, 0.6) is 0 Å². The Labute approximate surface area is 98.5 Å². The molecule has 0 aromatic carbocycles. The number of aliphatic hydroxyl groups is 1. The van der Waals surface area contributed by atoms with E-state index < -0.39 is 6.23 Å². The molecule has 2 atom stereocenters. The van der Waals surface area contributed by atoms with Gasteiger partial charge in [0.15, 0.2) is 0 Å². The summed E-state index contributed by atoms with van der Waals surface area (Å²) in [5, 5.41) is 12.5. The predicted molar refractivity (Wildman–Crippen MR) is 67.9 cm³/mol. The van der Waals surface area contributed by atoms with Gasteiger partial charge in [0.25, 0.3) is 0 Å². The Morgan fingerprint density at radius 1 is 1.31 bits per heavy atom. The van der Waals surface area contributed by atoms with E-state index in [1.54, 1.807) is 19.4 Å². The molecule has 0 rings (SSSR count). The third-order valence-electron chi connectivity index (χ3n) is 2.25. The third kappa shape index (κ3) is 7.26. The summed E-state index contributed by atoms with van der Waals surface area (Å²) >= 11 is 0. The van der Waals surface area contributed by atoms with Crippen molar-refractivity contribution >= 4 is 0 Å². The number of ether oxygens (including phenoxy) is 1. The Balaban J connectivity index is 3.88. The molecule has 0 radical (unpaired) electrons. The van der Waals surface area contributed by atoms with E-state index in [-0.39, 0.29) is 6.10 Å². The first-order chi connectivity index (χ1) is 7.61. The quantitative estimate of drug-likeness (QED) is 0.491. The van der Waals surface area contributed by atoms with Crippen molar-refractivity contribution < 1.29 is 9.84 Å². The molecule has 0 aliphatic rings. The van der Waals surface area contributed by atoms with Crippen LogP contribution in [-0.2, 0) is 4.74 Å². The standard InChI is InChI=1S/C13H23NO2/c1-5-6-7-8-9-14-13(15)10-12(16-4)11(2)3/h5-9,11-15H,1,10H2,2-4H3/b7-6-,9-8+. The summed E-state index contributed by atoms with van der Waals surface area (Å²) in [4.78, 5) is 0. The second-order valence-electron chi connectivity index (χ2n) is 3.92. The largest absolute Gasteiger partial charge is 0.381 e. The van der Waals surface area contributed by atoms with Gasteiger partial charge in [-0.1, -0.05) is 38.7 Å². The van der Waals surface area contributed by atoms with Gasteiger partial charge in [0, 0.05) is 13.5 Å². The van der Waals surface area contributed by atoms with Crippen LogP contribution >= 0.6 is 0 Å². The number of nitrogens with one attached hydrogen (secondary N) is 1. The maximum Gasteiger partial charge on any atom is 0.126 e. The van der Waals surface area contributed by atoms with Crippen LogP contribution in [0.2, 0.25) is 0 Å². The molecule has 0 bridgehead atoms. The van der Waals surface area contributed by atoms with Crippen LogP contribution in [0.1, 0.15) is 20.3 Å². The van der Waals surface area contributed by atoms with E-state index in [2.05, 4.69) is 25.7 Å². The Morgan fingerprint density at radius 3 is 2.50 bits per heavy atom. The number of allylic oxidation sites excluding steroid dienone is 4. The summed E-state index contributed by atoms with van der Waals surface area (Å²) in [6, 6.07) is 0. The second kappa shape index (κ2) is 9.19. The van der Waals surface area contributed by atoms with E-state index in [0.29, 0.717) is 12.3 Å². The Bertz CT molecular complexity index is 234. The minimum atomic E-state index is -0.583. The first kappa shape index (κ1) is 14.9. The summed E-state index contributed by atoms with van der Waals surface area (Å²) in [5.41, 5.74) is 0. The van der Waals surface area contributed by atoms with E-state index in [0.717, 1.165) is 0 Å². The molecule has 2 unspecified atom stereocenters. The number of hydrogen-bond donors (Lipinski definition) is 2. The predicted octanol–water partition coefficient (Wildman–Crippen LogP) is 2.21. The van der Waals surface area contributed by atoms with Crippen molar-refractivity contribution in [1.29, 1.82) is 0 Å². The van der Waals surface area contributed by atoms with E-state index in [4.69, 9.17) is 4.74 Å². The molecule has 0 fully saturated rings. The maximum absolute atomic E-state index is 9.67. The average Bonchev–Trinajstić information content (AvgIpc) is 2.25. The lowest BCUT2D eigenvalue weighted by Crippen LogP contribution is -2.32. The Morgan fingerprint density at radius 2 is 2.00 bits per heavy atom. The molecule has 0 amide bonds. The summed E-state index contributed by atoms with van der Waals surface area (Å²) in [5.74, 6) is 0.395. The van der Waals surface area contributed by atoms with Crippen molar-refractivity contribution in [2.45, 2.75) is 32.6 Å². The lowest BCUT2D eigenvalue weighted by molar-refractivity contribution is 0.0120. The Kier molecular flexibility index (Phi) is 8.58. The fourth-order valence-corrected chi connectivity index (χ4v) is 1.29. The maximum atomic E-state index is 9.67. The van der Waals surface area contributed by atoms with Crippen molar-refractivity contribution in [2.75, 3.05) is 7.11 Å². The zero-order chi connectivity index (χ0) is 12.4. The highest BCUT2D eigenvalue weighted by molar-refractivity contribution is 5.08. The fourth-order valence-electron chi connectivity index (χ4n) is 1.29. The molecule has 2 N–H and O–H groups in total. The van der Waals surface area contributed by atoms with Crippen molar-refractivity contribution in [3.8, 4) is 0 Å². The van der Waals surface area contributed by atoms with Crippen molar-refractivity contribution in [1.82, 2.24) is 5.32 Å². The van der Waals surface area contributed by atoms with Gasteiger partial charge in [0.05, 0.1) is 6.10 Å². The summed E-state index contributed by atoms with van der Waals surface area (Å²) in [6.07, 6.45) is 8.92. The molecular weight excluding hydrogens is 202 g/mol. The first-order valence-electron chi connectivity index (χ1n) is 5.53. The van der Waals surface area contributed by atoms with Crippen LogP contribution < -0.4 is 5.32 Å². The monoisotopic (exact) mass is 225 g/mol. The average molecular weight is 225 g/mol. The van der Waals surface area contributed by atoms with Crippen molar-refractivity contribution in [3.63, 3.8) is 0 Å². The van der Waals surface area contributed by atoms with Gasteiger partial charge in [-0.25, -0.2) is 0 Å². The van der Waals surface area contributed by atoms with Gasteiger partial charge >= 0.3 is 0 Å². The minimum absolute atomic E-state index is 0.0691. The number of hydrogen-bond acceptors (Lipinski definition) is 3. The van der Waals surface area contributed by atoms with Crippen LogP contribution in [0.15, 0.2) is 37.1 Å². The van der Waals surface area contributed by atoms with Gasteiger partial charge in [-0.05, 0) is 18.2 Å². The number of methoxy groups -OCH3 is 1. The zero-order valence-electron chi connectivity index (χ0n) is 10.4. The van der Waals surface area contributed by atoms with Gasteiger partial charge in [0.2, 0.25) is 0 Å². The van der Waals surface area contributed by atoms with Crippen molar-refractivity contribution in [3.05, 3.63) is 37.1 Å². The molecule has 0 heterocycles. The van der Waals surface area contributed by atoms with Gasteiger partial charge in [-0.2, -0.15) is 0 Å². The Hall–Kier alpha value is -1.06. The smallest absolute Gasteiger partial charge is 0.126 e. The minimum Gasteiger partial charge on any atom is -0.381 e. The molecule has 92 valence electrons. The van der Waals surface area contributed by atoms with Crippen molar-refractivity contribution in [2.24, 2.45) is 5.92 Å². The van der Waals surface area contributed by atoms with E-state index in [9.17, 15) is 5.11 Å². The highest BCUT2D eigenvalue weighted by Gasteiger charge is 2.15. The molecule has 0 aliphatic carbocycles. The van der Waals surface area contributed by atoms with E-state index in [1.807, 2.05) is 18.2 Å². The molecular formula is C13H23NO2. The summed E-state index contributed by atoms with van der Waals surface area (Å²) < 4.78 is 5.28. The normalized spacial score (nSPS) is 15.8. The molecule has 0 saturated carbocycles. The fraction of sp³-hybridized carbons (Fsp3) is 0.538. The van der Waals surface area contributed by atoms with Crippen LogP contribution in [0.3, 0.4) is 0 Å². The number of aliphatic hydroxyl groups excluding tert-OH is 1. The third-order valence-corrected chi connectivity index (χ3v) is 2.25. The second-order valence-corrected chi connectivity index (χ2v) is 3.92. The van der Waals surface area contributed by atoms with Crippen LogP contribution in [-0.4, -0.2) is 24.5 Å². The first-order valence-corrected chi connectivity index (χ1v) is 5.53. The molecule has 0 aromatic heterocycles. The molecule has 16 heavy (non-hydrogen) atoms. The highest BCUT2D eigenvalue weighted by Crippen LogP contribution is 2.11. The number of rotatable bonds is 8. The molecule has 0 spiro atoms. The molecule has 0 saturated heterocycles. The molecule has 0 aromatic rings. The highest BCUT2D eigenvalue weighted by atomic mass is 16.5. The van der Waals surface area contributed by atoms with Crippen LogP contribution in [0.25, 0.3) is 0 Å². The summed E-state index contributed by atoms with van der Waals surface area (Å²) in [7, 11) is 1.67. The van der Waals surface area contributed by atoms with E-state index in [1.165, 1.54) is 0 Å². The van der Waals surface area contributed by atoms with E-state index >= 15 is 0 Å². The molecule has 0 aliphatic heterocycles. The topological polar surface area (TPSA) is 41.5 Å². The van der Waals surface area contributed by atoms with Gasteiger partial charge < -0.3 is 15.2 Å². The lowest BCUT2D eigenvalue weighted by Gasteiger charge is -2.22. The van der Waals surface area contributed by atoms with Crippen LogP contribution in [0.4, 0.5) is 0 Å². The SMILES string of the molecule is C=C/C=C\C=C\NC(O)CC(OC)C(C)C. The molecule has 3 nitrogen and oxygen atoms in total. The summed E-state index contributed by atoms with van der Waals surface area (Å²) in [6.45, 7) is 7.70. The van der Waals surface area contributed by atoms with Gasteiger partial charge in [0.1, 0.15) is 6.23 Å².